The van der Waals surface area contributed by atoms with Crippen molar-refractivity contribution in [1.29, 1.82) is 0 Å². The molecule has 4 N–H and O–H groups in total. The Hall–Kier alpha value is -1.81. The van der Waals surface area contributed by atoms with Gasteiger partial charge in [0.05, 0.1) is 11.7 Å². The van der Waals surface area contributed by atoms with Crippen molar-refractivity contribution in [2.45, 2.75) is 19.9 Å². The Morgan fingerprint density at radius 1 is 1.38 bits per heavy atom. The van der Waals surface area contributed by atoms with Crippen LogP contribution >= 0.6 is 0 Å². The number of nitrogens with two attached hydrogens (primary N) is 1. The highest BCUT2D eigenvalue weighted by Gasteiger charge is 2.12. The molecule has 0 aromatic heterocycles. The standard InChI is InChI=1S/C12H16N4/c1-8-7-12(14-8)15-9(2)10-5-3-4-6-11(10)16-13/h3-7,9,16H,13H2,1-2H3,(H,14,15). The van der Waals surface area contributed by atoms with Crippen molar-refractivity contribution >= 4 is 11.5 Å². The van der Waals surface area contributed by atoms with Gasteiger partial charge in [-0.1, -0.05) is 18.2 Å². The third-order valence-corrected chi connectivity index (χ3v) is 2.58. The predicted octanol–water partition coefficient (Wildman–Crippen LogP) is 1.94. The Bertz CT molecular complexity index is 448. The molecule has 2 rings (SSSR count). The number of nitrogen functional groups attached to an aromatic ring is 1. The topological polar surface area (TPSA) is 62.4 Å². The average molecular weight is 216 g/mol. The van der Waals surface area contributed by atoms with E-state index in [0.717, 1.165) is 22.8 Å². The monoisotopic (exact) mass is 216 g/mol. The Morgan fingerprint density at radius 3 is 2.69 bits per heavy atom. The van der Waals surface area contributed by atoms with Gasteiger partial charge in [0.2, 0.25) is 0 Å². The van der Waals surface area contributed by atoms with Gasteiger partial charge in [-0.3, -0.25) is 10.8 Å². The van der Waals surface area contributed by atoms with Crippen LogP contribution in [0.1, 0.15) is 25.5 Å². The van der Waals surface area contributed by atoms with Crippen LogP contribution in [0.4, 0.5) is 5.69 Å². The van der Waals surface area contributed by atoms with Gasteiger partial charge in [0.25, 0.3) is 0 Å². The first-order valence-corrected chi connectivity index (χ1v) is 5.29. The van der Waals surface area contributed by atoms with E-state index in [-0.39, 0.29) is 6.04 Å². The van der Waals surface area contributed by atoms with Crippen molar-refractivity contribution in [1.82, 2.24) is 5.32 Å². The van der Waals surface area contributed by atoms with E-state index in [0.29, 0.717) is 0 Å². The normalized spacial score (nSPS) is 18.4. The second-order valence-corrected chi connectivity index (χ2v) is 3.87. The largest absolute Gasteiger partial charge is 0.344 e. The van der Waals surface area contributed by atoms with Gasteiger partial charge in [-0.15, -0.1) is 0 Å². The lowest BCUT2D eigenvalue weighted by molar-refractivity contribution is 0.807. The van der Waals surface area contributed by atoms with Crippen LogP contribution in [-0.4, -0.2) is 5.84 Å². The molecule has 0 radical (unpaired) electrons. The summed E-state index contributed by atoms with van der Waals surface area (Å²) in [5.74, 6) is 6.39. The average Bonchev–Trinajstić information content (AvgIpc) is 2.27. The summed E-state index contributed by atoms with van der Waals surface area (Å²) >= 11 is 0. The first-order chi connectivity index (χ1) is 7.70. The molecule has 1 aromatic rings. The molecular weight excluding hydrogens is 200 g/mol. The van der Waals surface area contributed by atoms with Gasteiger partial charge in [-0.05, 0) is 26.0 Å². The molecule has 1 atom stereocenters. The number of benzene rings is 1. The van der Waals surface area contributed by atoms with Crippen molar-refractivity contribution in [3.05, 3.63) is 41.6 Å². The molecule has 84 valence electrons. The maximum Gasteiger partial charge on any atom is 0.127 e. The van der Waals surface area contributed by atoms with Gasteiger partial charge >= 0.3 is 0 Å². The summed E-state index contributed by atoms with van der Waals surface area (Å²) in [7, 11) is 0. The molecule has 1 aromatic carbocycles. The van der Waals surface area contributed by atoms with Gasteiger partial charge in [0.1, 0.15) is 5.84 Å². The highest BCUT2D eigenvalue weighted by molar-refractivity contribution is 6.00. The van der Waals surface area contributed by atoms with Crippen LogP contribution in [0.3, 0.4) is 0 Å². The lowest BCUT2D eigenvalue weighted by Gasteiger charge is -2.19. The Kier molecular flexibility index (Phi) is 2.92. The Balaban J connectivity index is 2.21. The summed E-state index contributed by atoms with van der Waals surface area (Å²) in [4.78, 5) is 4.55. The molecule has 4 nitrogen and oxygen atoms in total. The van der Waals surface area contributed by atoms with Crippen LogP contribution in [0.15, 0.2) is 41.0 Å². The highest BCUT2D eigenvalue weighted by Crippen LogP contribution is 2.25. The number of nitrogens with zero attached hydrogens (tertiary/aromatic N) is 1. The summed E-state index contributed by atoms with van der Waals surface area (Å²) in [6.45, 7) is 4.06. The van der Waals surface area contributed by atoms with Crippen LogP contribution in [0.25, 0.3) is 0 Å². The van der Waals surface area contributed by atoms with Crippen LogP contribution in [0.2, 0.25) is 0 Å². The molecule has 1 unspecified atom stereocenters. The van der Waals surface area contributed by atoms with Gasteiger partial charge in [0.15, 0.2) is 0 Å². The van der Waals surface area contributed by atoms with E-state index < -0.39 is 0 Å². The van der Waals surface area contributed by atoms with Crippen LogP contribution in [0.5, 0.6) is 0 Å². The molecule has 1 heterocycles. The summed E-state index contributed by atoms with van der Waals surface area (Å²) in [5, 5.41) is 3.14. The zero-order valence-electron chi connectivity index (χ0n) is 9.49. The van der Waals surface area contributed by atoms with Crippen molar-refractivity contribution in [2.24, 2.45) is 10.8 Å². The maximum absolute atomic E-state index is 5.46. The van der Waals surface area contributed by atoms with E-state index in [4.69, 9.17) is 5.84 Å². The van der Waals surface area contributed by atoms with Gasteiger partial charge in [-0.25, -0.2) is 0 Å². The molecule has 1 aliphatic rings. The third-order valence-electron chi connectivity index (χ3n) is 2.58. The van der Waals surface area contributed by atoms with Crippen molar-refractivity contribution < 1.29 is 0 Å². The van der Waals surface area contributed by atoms with E-state index in [9.17, 15) is 0 Å². The molecule has 0 bridgehead atoms. The Morgan fingerprint density at radius 2 is 2.06 bits per heavy atom. The van der Waals surface area contributed by atoms with Crippen LogP contribution in [-0.2, 0) is 0 Å². The molecule has 0 amide bonds. The summed E-state index contributed by atoms with van der Waals surface area (Å²) < 4.78 is 0. The number of aliphatic imine (C=N–C) groups is 1. The van der Waals surface area contributed by atoms with Crippen molar-refractivity contribution in [3.8, 4) is 0 Å². The molecular formula is C12H16N4. The Labute approximate surface area is 95.2 Å². The number of amidine groups is 1. The zero-order valence-corrected chi connectivity index (χ0v) is 9.49. The molecule has 16 heavy (non-hydrogen) atoms. The number of hydrazine groups is 1. The van der Waals surface area contributed by atoms with E-state index in [1.54, 1.807) is 0 Å². The molecule has 1 aliphatic heterocycles. The second kappa shape index (κ2) is 4.37. The smallest absolute Gasteiger partial charge is 0.127 e. The maximum atomic E-state index is 5.46. The zero-order chi connectivity index (χ0) is 11.5. The lowest BCUT2D eigenvalue weighted by Crippen LogP contribution is -2.30. The minimum absolute atomic E-state index is 0.0825. The number of hydrogen-bond acceptors (Lipinski definition) is 3. The van der Waals surface area contributed by atoms with E-state index >= 15 is 0 Å². The quantitative estimate of drug-likeness (QED) is 0.534. The molecule has 0 saturated carbocycles. The molecule has 0 saturated heterocycles. The molecule has 0 fully saturated rings. The fourth-order valence-electron chi connectivity index (χ4n) is 1.74. The molecule has 4 heteroatoms. The first-order valence-electron chi connectivity index (χ1n) is 5.29. The first kappa shape index (κ1) is 10.7. The summed E-state index contributed by atoms with van der Waals surface area (Å²) in [6.07, 6.45) is 2.02. The second-order valence-electron chi connectivity index (χ2n) is 3.87. The number of anilines is 1. The number of allylic oxidation sites excluding steroid dienone is 1. The van der Waals surface area contributed by atoms with Gasteiger partial charge < -0.3 is 10.7 Å². The minimum Gasteiger partial charge on any atom is -0.344 e. The third kappa shape index (κ3) is 2.06. The van der Waals surface area contributed by atoms with Gasteiger partial charge in [-0.2, -0.15) is 0 Å². The fourth-order valence-corrected chi connectivity index (χ4v) is 1.74. The van der Waals surface area contributed by atoms with E-state index in [1.807, 2.05) is 44.2 Å². The number of hydrogen-bond donors (Lipinski definition) is 3. The SMILES string of the molecule is CC1=CC(=NC(C)c2ccccc2NN)N1. The number of rotatable bonds is 3. The molecule has 0 aliphatic carbocycles. The minimum atomic E-state index is 0.0825. The van der Waals surface area contributed by atoms with Crippen molar-refractivity contribution in [2.75, 3.05) is 5.43 Å². The fraction of sp³-hybridized carbons (Fsp3) is 0.250. The highest BCUT2D eigenvalue weighted by atomic mass is 15.2. The summed E-state index contributed by atoms with van der Waals surface area (Å²) in [5.41, 5.74) is 5.85. The van der Waals surface area contributed by atoms with Crippen molar-refractivity contribution in [3.63, 3.8) is 0 Å². The number of para-hydroxylation sites is 1. The number of nitrogens with one attached hydrogen (secondary N) is 2. The van der Waals surface area contributed by atoms with Crippen LogP contribution < -0.4 is 16.6 Å². The van der Waals surface area contributed by atoms with Gasteiger partial charge in [0, 0.05) is 11.3 Å². The summed E-state index contributed by atoms with van der Waals surface area (Å²) in [6, 6.07) is 7.99. The lowest BCUT2D eigenvalue weighted by atomic mass is 10.1. The van der Waals surface area contributed by atoms with Crippen LogP contribution in [0, 0.1) is 0 Å². The predicted molar refractivity (Wildman–Crippen MR) is 67.0 cm³/mol. The van der Waals surface area contributed by atoms with E-state index in [1.165, 1.54) is 0 Å². The molecule has 0 spiro atoms. The van der Waals surface area contributed by atoms with E-state index in [2.05, 4.69) is 15.7 Å².